The number of nitrogens with zero attached hydrogens (tertiary/aromatic N) is 4. The van der Waals surface area contributed by atoms with E-state index in [0.29, 0.717) is 36.9 Å². The fourth-order valence-corrected chi connectivity index (χ4v) is 3.94. The first-order chi connectivity index (χ1) is 14.4. The van der Waals surface area contributed by atoms with E-state index in [9.17, 15) is 9.18 Å². The number of halogens is 1. The Morgan fingerprint density at radius 3 is 2.90 bits per heavy atom. The zero-order valence-electron chi connectivity index (χ0n) is 17.6. The monoisotopic (exact) mass is 410 g/mol. The van der Waals surface area contributed by atoms with Gasteiger partial charge in [0.25, 0.3) is 5.91 Å². The molecule has 0 spiro atoms. The van der Waals surface area contributed by atoms with Crippen molar-refractivity contribution >= 4 is 5.91 Å². The molecule has 0 aliphatic carbocycles. The molecule has 1 fully saturated rings. The predicted molar refractivity (Wildman–Crippen MR) is 111 cm³/mol. The van der Waals surface area contributed by atoms with E-state index in [4.69, 9.17) is 4.42 Å². The molecule has 4 rings (SSSR count). The first-order valence-electron chi connectivity index (χ1n) is 10.4. The zero-order chi connectivity index (χ0) is 21.3. The summed E-state index contributed by atoms with van der Waals surface area (Å²) in [6, 6.07) is 8.37. The van der Waals surface area contributed by atoms with Gasteiger partial charge in [0.15, 0.2) is 5.89 Å². The van der Waals surface area contributed by atoms with Gasteiger partial charge < -0.3 is 9.32 Å². The maximum atomic E-state index is 13.4. The van der Waals surface area contributed by atoms with Gasteiger partial charge in [-0.1, -0.05) is 26.0 Å². The minimum atomic E-state index is -0.260. The van der Waals surface area contributed by atoms with Crippen LogP contribution in [0.4, 0.5) is 4.39 Å². The molecular weight excluding hydrogens is 383 g/mol. The fraction of sp³-hybridized carbons (Fsp3) is 0.435. The number of likely N-dealkylation sites (tertiary alicyclic amines) is 1. The van der Waals surface area contributed by atoms with Crippen LogP contribution in [0.2, 0.25) is 0 Å². The van der Waals surface area contributed by atoms with Gasteiger partial charge in [-0.15, -0.1) is 0 Å². The molecule has 6 nitrogen and oxygen atoms in total. The van der Waals surface area contributed by atoms with E-state index in [1.807, 2.05) is 24.1 Å². The molecule has 7 heteroatoms. The highest BCUT2D eigenvalue weighted by Gasteiger charge is 2.30. The molecule has 3 aromatic rings. The highest BCUT2D eigenvalue weighted by atomic mass is 19.1. The van der Waals surface area contributed by atoms with E-state index >= 15 is 0 Å². The first-order valence-corrected chi connectivity index (χ1v) is 10.4. The molecule has 1 aliphatic heterocycles. The number of carbonyl (C=O) groups excluding carboxylic acids is 1. The van der Waals surface area contributed by atoms with Gasteiger partial charge in [0, 0.05) is 26.6 Å². The summed E-state index contributed by atoms with van der Waals surface area (Å²) < 4.78 is 21.0. The van der Waals surface area contributed by atoms with Crippen LogP contribution in [0.5, 0.6) is 0 Å². The van der Waals surface area contributed by atoms with Crippen molar-refractivity contribution in [3.8, 4) is 0 Å². The second-order valence-electron chi connectivity index (χ2n) is 8.29. The summed E-state index contributed by atoms with van der Waals surface area (Å²) in [5.74, 6) is 1.41. The van der Waals surface area contributed by atoms with Crippen LogP contribution in [0.1, 0.15) is 71.9 Å². The summed E-state index contributed by atoms with van der Waals surface area (Å²) in [5.41, 5.74) is 2.37. The summed E-state index contributed by atoms with van der Waals surface area (Å²) in [5, 5.41) is 4.46. The molecule has 30 heavy (non-hydrogen) atoms. The van der Waals surface area contributed by atoms with Gasteiger partial charge in [0.1, 0.15) is 17.3 Å². The number of aryl methyl sites for hydroxylation is 1. The van der Waals surface area contributed by atoms with Gasteiger partial charge in [-0.3, -0.25) is 9.48 Å². The fourth-order valence-electron chi connectivity index (χ4n) is 3.94. The number of oxazole rings is 1. The second-order valence-corrected chi connectivity index (χ2v) is 8.29. The van der Waals surface area contributed by atoms with Crippen LogP contribution < -0.4 is 0 Å². The van der Waals surface area contributed by atoms with Crippen LogP contribution in [-0.2, 0) is 13.5 Å². The van der Waals surface area contributed by atoms with Gasteiger partial charge in [0.05, 0.1) is 17.8 Å². The van der Waals surface area contributed by atoms with Crippen LogP contribution >= 0.6 is 0 Å². The lowest BCUT2D eigenvalue weighted by Gasteiger charge is -2.31. The number of amides is 1. The smallest absolute Gasteiger partial charge is 0.272 e. The number of piperidine rings is 1. The van der Waals surface area contributed by atoms with Crippen molar-refractivity contribution in [3.63, 3.8) is 0 Å². The topological polar surface area (TPSA) is 64.2 Å². The standard InChI is InChI=1S/C23H27FN4O2/c1-15(2)20-12-21(27(3)26-20)23(29)28-9-5-7-17(14-28)22-25-13-19(30-22)11-16-6-4-8-18(24)10-16/h4,6,8,10,12-13,15,17H,5,7,9,11,14H2,1-3H3. The van der Waals surface area contributed by atoms with Crippen molar-refractivity contribution in [1.29, 1.82) is 0 Å². The van der Waals surface area contributed by atoms with E-state index in [-0.39, 0.29) is 23.6 Å². The molecule has 1 unspecified atom stereocenters. The molecule has 1 aromatic carbocycles. The van der Waals surface area contributed by atoms with Crippen LogP contribution in [0.3, 0.4) is 0 Å². The highest BCUT2D eigenvalue weighted by Crippen LogP contribution is 2.28. The maximum Gasteiger partial charge on any atom is 0.272 e. The Bertz CT molecular complexity index is 1040. The SMILES string of the molecule is CC(C)c1cc(C(=O)N2CCCC(c3ncc(Cc4cccc(F)c4)o3)C2)n(C)n1. The minimum absolute atomic E-state index is 0.00635. The number of hydrogen-bond acceptors (Lipinski definition) is 4. The average molecular weight is 410 g/mol. The third kappa shape index (κ3) is 4.30. The largest absolute Gasteiger partial charge is 0.445 e. The Balaban J connectivity index is 1.45. The van der Waals surface area contributed by atoms with Crippen molar-refractivity contribution in [2.45, 2.75) is 44.9 Å². The Hall–Kier alpha value is -2.96. The Morgan fingerprint density at radius 2 is 2.17 bits per heavy atom. The summed E-state index contributed by atoms with van der Waals surface area (Å²) in [6.07, 6.45) is 4.02. The Kier molecular flexibility index (Phi) is 5.70. The lowest BCUT2D eigenvalue weighted by molar-refractivity contribution is 0.0686. The second kappa shape index (κ2) is 8.42. The summed E-state index contributed by atoms with van der Waals surface area (Å²) in [6.45, 7) is 5.42. The van der Waals surface area contributed by atoms with Gasteiger partial charge in [-0.2, -0.15) is 5.10 Å². The lowest BCUT2D eigenvalue weighted by Crippen LogP contribution is -2.40. The molecule has 0 saturated carbocycles. The molecule has 1 amide bonds. The van der Waals surface area contributed by atoms with Gasteiger partial charge in [-0.05, 0) is 42.5 Å². The quantitative estimate of drug-likeness (QED) is 0.630. The molecule has 0 radical (unpaired) electrons. The van der Waals surface area contributed by atoms with Crippen molar-refractivity contribution in [1.82, 2.24) is 19.7 Å². The number of carbonyl (C=O) groups is 1. The lowest BCUT2D eigenvalue weighted by atomic mass is 9.97. The molecule has 2 aromatic heterocycles. The number of aromatic nitrogens is 3. The van der Waals surface area contributed by atoms with Gasteiger partial charge in [-0.25, -0.2) is 9.37 Å². The summed E-state index contributed by atoms with van der Waals surface area (Å²) in [7, 11) is 1.81. The highest BCUT2D eigenvalue weighted by molar-refractivity contribution is 5.92. The molecular formula is C23H27FN4O2. The Morgan fingerprint density at radius 1 is 1.33 bits per heavy atom. The molecule has 3 heterocycles. The Labute approximate surface area is 175 Å². The number of rotatable bonds is 5. The number of benzene rings is 1. The van der Waals surface area contributed by atoms with E-state index in [1.165, 1.54) is 12.1 Å². The van der Waals surface area contributed by atoms with Crippen molar-refractivity contribution < 1.29 is 13.6 Å². The summed E-state index contributed by atoms with van der Waals surface area (Å²) >= 11 is 0. The molecule has 1 atom stereocenters. The third-order valence-electron chi connectivity index (χ3n) is 5.61. The van der Waals surface area contributed by atoms with Crippen LogP contribution in [0, 0.1) is 5.82 Å². The van der Waals surface area contributed by atoms with E-state index in [2.05, 4.69) is 23.9 Å². The average Bonchev–Trinajstić information content (AvgIpc) is 3.34. The van der Waals surface area contributed by atoms with Crippen LogP contribution in [-0.4, -0.2) is 38.7 Å². The molecule has 158 valence electrons. The van der Waals surface area contributed by atoms with Crippen molar-refractivity contribution in [2.75, 3.05) is 13.1 Å². The van der Waals surface area contributed by atoms with Crippen LogP contribution in [0.25, 0.3) is 0 Å². The van der Waals surface area contributed by atoms with Crippen molar-refractivity contribution in [2.24, 2.45) is 7.05 Å². The zero-order valence-corrected chi connectivity index (χ0v) is 17.6. The van der Waals surface area contributed by atoms with E-state index < -0.39 is 0 Å². The molecule has 0 bridgehead atoms. The van der Waals surface area contributed by atoms with Crippen LogP contribution in [0.15, 0.2) is 40.9 Å². The van der Waals surface area contributed by atoms with E-state index in [0.717, 1.165) is 24.1 Å². The predicted octanol–water partition coefficient (Wildman–Crippen LogP) is 4.28. The third-order valence-corrected chi connectivity index (χ3v) is 5.61. The molecule has 1 saturated heterocycles. The molecule has 0 N–H and O–H groups in total. The van der Waals surface area contributed by atoms with Gasteiger partial charge >= 0.3 is 0 Å². The summed E-state index contributed by atoms with van der Waals surface area (Å²) in [4.78, 5) is 19.4. The van der Waals surface area contributed by atoms with Crippen molar-refractivity contribution in [3.05, 3.63) is 70.9 Å². The maximum absolute atomic E-state index is 13.4. The molecule has 1 aliphatic rings. The number of hydrogen-bond donors (Lipinski definition) is 0. The normalized spacial score (nSPS) is 17.0. The van der Waals surface area contributed by atoms with E-state index in [1.54, 1.807) is 16.9 Å². The minimum Gasteiger partial charge on any atom is -0.445 e. The first kappa shape index (κ1) is 20.3. The van der Waals surface area contributed by atoms with Gasteiger partial charge in [0.2, 0.25) is 0 Å².